The number of amides is 1. The lowest BCUT2D eigenvalue weighted by Crippen LogP contribution is -2.54. The van der Waals surface area contributed by atoms with Crippen molar-refractivity contribution in [3.8, 4) is 0 Å². The van der Waals surface area contributed by atoms with E-state index in [1.54, 1.807) is 0 Å². The first kappa shape index (κ1) is 16.5. The van der Waals surface area contributed by atoms with Crippen LogP contribution in [-0.4, -0.2) is 92.1 Å². The highest BCUT2D eigenvalue weighted by atomic mass is 32.2. The molecule has 3 aliphatic heterocycles. The molecule has 0 radical (unpaired) electrons. The Bertz CT molecular complexity index is 497. The fourth-order valence-corrected chi connectivity index (χ4v) is 6.03. The van der Waals surface area contributed by atoms with Gasteiger partial charge in [0.2, 0.25) is 5.91 Å². The van der Waals surface area contributed by atoms with Crippen molar-refractivity contribution in [2.45, 2.75) is 17.6 Å². The molecule has 0 aromatic carbocycles. The van der Waals surface area contributed by atoms with E-state index in [9.17, 15) is 13.2 Å². The third-order valence-corrected chi connectivity index (χ3v) is 7.95. The maximum atomic E-state index is 12.5. The number of thioether (sulfide) groups is 1. The Hall–Kier alpha value is -0.310. The molecule has 0 bridgehead atoms. The molecule has 3 saturated heterocycles. The molecule has 0 atom stereocenters. The third-order valence-electron chi connectivity index (χ3n) is 4.80. The van der Waals surface area contributed by atoms with E-state index in [2.05, 4.69) is 0 Å². The zero-order valence-corrected chi connectivity index (χ0v) is 14.5. The van der Waals surface area contributed by atoms with Crippen molar-refractivity contribution >= 4 is 27.5 Å². The lowest BCUT2D eigenvalue weighted by molar-refractivity contribution is -0.133. The van der Waals surface area contributed by atoms with Crippen LogP contribution in [0, 0.1) is 0 Å². The third kappa shape index (κ3) is 3.96. The first-order chi connectivity index (χ1) is 10.5. The van der Waals surface area contributed by atoms with Gasteiger partial charge in [-0.3, -0.25) is 9.69 Å². The SMILES string of the molecule is O=C(CN1CCS(=O)(=O)CC1)N1CCSC2(CCOCC2)C1. The summed E-state index contributed by atoms with van der Waals surface area (Å²) in [6, 6.07) is 0. The van der Waals surface area contributed by atoms with Crippen molar-refractivity contribution in [1.29, 1.82) is 0 Å². The molecule has 1 spiro atoms. The number of ether oxygens (including phenoxy) is 1. The highest BCUT2D eigenvalue weighted by Gasteiger charge is 2.39. The Morgan fingerprint density at radius 3 is 2.50 bits per heavy atom. The second kappa shape index (κ2) is 6.67. The summed E-state index contributed by atoms with van der Waals surface area (Å²) >= 11 is 1.99. The number of carbonyl (C=O) groups excluding carboxylic acids is 1. The maximum Gasteiger partial charge on any atom is 0.236 e. The van der Waals surface area contributed by atoms with Crippen molar-refractivity contribution in [2.24, 2.45) is 0 Å². The first-order valence-electron chi connectivity index (χ1n) is 7.90. The topological polar surface area (TPSA) is 66.9 Å². The van der Waals surface area contributed by atoms with Crippen LogP contribution in [0.4, 0.5) is 0 Å². The summed E-state index contributed by atoms with van der Waals surface area (Å²) in [5, 5.41) is 0. The van der Waals surface area contributed by atoms with Gasteiger partial charge in [-0.25, -0.2) is 8.42 Å². The van der Waals surface area contributed by atoms with Gasteiger partial charge in [0.05, 0.1) is 18.1 Å². The lowest BCUT2D eigenvalue weighted by Gasteiger charge is -2.44. The van der Waals surface area contributed by atoms with Crippen molar-refractivity contribution in [2.75, 3.05) is 63.2 Å². The standard InChI is InChI=1S/C14H24N2O4S2/c17-13(11-15-4-9-22(18,19)10-5-15)16-3-8-21-14(12-16)1-6-20-7-2-14/h1-12H2. The molecule has 22 heavy (non-hydrogen) atoms. The summed E-state index contributed by atoms with van der Waals surface area (Å²) in [6.07, 6.45) is 2.03. The monoisotopic (exact) mass is 348 g/mol. The predicted molar refractivity (Wildman–Crippen MR) is 86.9 cm³/mol. The lowest BCUT2D eigenvalue weighted by atomic mass is 9.98. The number of hydrogen-bond acceptors (Lipinski definition) is 6. The Morgan fingerprint density at radius 1 is 1.14 bits per heavy atom. The molecule has 3 rings (SSSR count). The normalized spacial score (nSPS) is 28.6. The molecule has 6 nitrogen and oxygen atoms in total. The minimum atomic E-state index is -2.88. The van der Waals surface area contributed by atoms with Crippen molar-refractivity contribution in [3.05, 3.63) is 0 Å². The largest absolute Gasteiger partial charge is 0.381 e. The number of sulfone groups is 1. The molecule has 0 saturated carbocycles. The quantitative estimate of drug-likeness (QED) is 0.691. The van der Waals surface area contributed by atoms with Gasteiger partial charge in [0, 0.05) is 49.9 Å². The van der Waals surface area contributed by atoms with E-state index >= 15 is 0 Å². The van der Waals surface area contributed by atoms with Crippen LogP contribution in [0.5, 0.6) is 0 Å². The van der Waals surface area contributed by atoms with E-state index in [4.69, 9.17) is 4.74 Å². The summed E-state index contributed by atoms with van der Waals surface area (Å²) in [5.74, 6) is 1.49. The average molecular weight is 348 g/mol. The molecular formula is C14H24N2O4S2. The Kier molecular flexibility index (Phi) is 5.01. The van der Waals surface area contributed by atoms with Gasteiger partial charge in [0.1, 0.15) is 0 Å². The smallest absolute Gasteiger partial charge is 0.236 e. The molecule has 126 valence electrons. The fourth-order valence-electron chi connectivity index (χ4n) is 3.30. The highest BCUT2D eigenvalue weighted by molar-refractivity contribution is 8.00. The zero-order chi connectivity index (χ0) is 15.6. The number of nitrogens with zero attached hydrogens (tertiary/aromatic N) is 2. The molecule has 0 aromatic rings. The summed E-state index contributed by atoms with van der Waals surface area (Å²) < 4.78 is 28.5. The van der Waals surface area contributed by atoms with Crippen molar-refractivity contribution in [1.82, 2.24) is 9.80 Å². The van der Waals surface area contributed by atoms with E-state index in [1.165, 1.54) is 0 Å². The van der Waals surface area contributed by atoms with Crippen LogP contribution in [0.1, 0.15) is 12.8 Å². The second-order valence-corrected chi connectivity index (χ2v) is 10.3. The van der Waals surface area contributed by atoms with Crippen LogP contribution in [0.15, 0.2) is 0 Å². The van der Waals surface area contributed by atoms with Gasteiger partial charge in [-0.15, -0.1) is 0 Å². The molecular weight excluding hydrogens is 324 g/mol. The van der Waals surface area contributed by atoms with Crippen LogP contribution >= 0.6 is 11.8 Å². The van der Waals surface area contributed by atoms with Gasteiger partial charge < -0.3 is 9.64 Å². The van der Waals surface area contributed by atoms with E-state index < -0.39 is 9.84 Å². The Morgan fingerprint density at radius 2 is 1.82 bits per heavy atom. The minimum Gasteiger partial charge on any atom is -0.381 e. The highest BCUT2D eigenvalue weighted by Crippen LogP contribution is 2.39. The molecule has 1 amide bonds. The minimum absolute atomic E-state index is 0.144. The van der Waals surface area contributed by atoms with Gasteiger partial charge in [-0.2, -0.15) is 11.8 Å². The van der Waals surface area contributed by atoms with Gasteiger partial charge in [-0.1, -0.05) is 0 Å². The van der Waals surface area contributed by atoms with Crippen LogP contribution < -0.4 is 0 Å². The predicted octanol–water partition coefficient (Wildman–Crippen LogP) is -0.159. The van der Waals surface area contributed by atoms with Crippen LogP contribution in [0.2, 0.25) is 0 Å². The Balaban J connectivity index is 1.53. The molecule has 3 aliphatic rings. The fraction of sp³-hybridized carbons (Fsp3) is 0.929. The summed E-state index contributed by atoms with van der Waals surface area (Å²) in [6.45, 7) is 4.51. The number of rotatable bonds is 2. The van der Waals surface area contributed by atoms with E-state index in [0.717, 1.165) is 44.9 Å². The van der Waals surface area contributed by atoms with Gasteiger partial charge >= 0.3 is 0 Å². The van der Waals surface area contributed by atoms with Gasteiger partial charge in [-0.05, 0) is 12.8 Å². The van der Waals surface area contributed by atoms with Crippen LogP contribution in [-0.2, 0) is 19.4 Å². The molecule has 0 aliphatic carbocycles. The van der Waals surface area contributed by atoms with Crippen molar-refractivity contribution < 1.29 is 17.9 Å². The van der Waals surface area contributed by atoms with E-state index in [1.807, 2.05) is 21.6 Å². The van der Waals surface area contributed by atoms with Gasteiger partial charge in [0.25, 0.3) is 0 Å². The summed E-state index contributed by atoms with van der Waals surface area (Å²) in [7, 11) is -2.88. The first-order valence-corrected chi connectivity index (χ1v) is 10.7. The number of carbonyl (C=O) groups is 1. The average Bonchev–Trinajstić information content (AvgIpc) is 2.50. The van der Waals surface area contributed by atoms with Crippen molar-refractivity contribution in [3.63, 3.8) is 0 Å². The van der Waals surface area contributed by atoms with E-state index in [0.29, 0.717) is 19.6 Å². The molecule has 0 unspecified atom stereocenters. The zero-order valence-electron chi connectivity index (χ0n) is 12.8. The summed E-state index contributed by atoms with van der Waals surface area (Å²) in [4.78, 5) is 16.5. The molecule has 3 fully saturated rings. The van der Waals surface area contributed by atoms with Gasteiger partial charge in [0.15, 0.2) is 9.84 Å². The second-order valence-electron chi connectivity index (χ2n) is 6.39. The van der Waals surface area contributed by atoms with Crippen LogP contribution in [0.25, 0.3) is 0 Å². The molecule has 0 N–H and O–H groups in total. The number of hydrogen-bond donors (Lipinski definition) is 0. The van der Waals surface area contributed by atoms with Crippen LogP contribution in [0.3, 0.4) is 0 Å². The van der Waals surface area contributed by atoms with E-state index in [-0.39, 0.29) is 22.2 Å². The Labute approximate surface area is 136 Å². The molecule has 8 heteroatoms. The summed E-state index contributed by atoms with van der Waals surface area (Å²) in [5.41, 5.74) is 0. The maximum absolute atomic E-state index is 12.5. The molecule has 3 heterocycles. The molecule has 0 aromatic heterocycles.